The molecule has 0 radical (unpaired) electrons. The van der Waals surface area contributed by atoms with Crippen LogP contribution in [0.1, 0.15) is 26.0 Å². The van der Waals surface area contributed by atoms with E-state index in [2.05, 4.69) is 46.4 Å². The molecule has 0 aromatic carbocycles. The van der Waals surface area contributed by atoms with Gasteiger partial charge < -0.3 is 5.73 Å². The molecule has 0 saturated carbocycles. The Hall–Kier alpha value is -0.230. The molecule has 1 rings (SSSR count). The Kier molecular flexibility index (Phi) is 4.74. The first-order chi connectivity index (χ1) is 6.59. The van der Waals surface area contributed by atoms with E-state index in [9.17, 15) is 0 Å². The van der Waals surface area contributed by atoms with Gasteiger partial charge in [0.1, 0.15) is 6.33 Å². The van der Waals surface area contributed by atoms with Crippen LogP contribution in [-0.2, 0) is 6.42 Å². The summed E-state index contributed by atoms with van der Waals surface area (Å²) >= 11 is 2.25. The summed E-state index contributed by atoms with van der Waals surface area (Å²) in [7, 11) is 0. The maximum atomic E-state index is 6.01. The lowest BCUT2D eigenvalue weighted by Gasteiger charge is -2.13. The monoisotopic (exact) mass is 305 g/mol. The SMILES string of the molecule is CC(C)CC(N)Cc1ncncc1I. The number of rotatable bonds is 4. The number of nitrogens with zero attached hydrogens (tertiary/aromatic N) is 2. The maximum Gasteiger partial charge on any atom is 0.115 e. The van der Waals surface area contributed by atoms with E-state index in [-0.39, 0.29) is 6.04 Å². The minimum absolute atomic E-state index is 0.207. The Morgan fingerprint density at radius 3 is 2.79 bits per heavy atom. The fraction of sp³-hybridized carbons (Fsp3) is 0.600. The second kappa shape index (κ2) is 5.60. The largest absolute Gasteiger partial charge is 0.327 e. The van der Waals surface area contributed by atoms with Crippen molar-refractivity contribution in [3.05, 3.63) is 21.8 Å². The Balaban J connectivity index is 2.56. The highest BCUT2D eigenvalue weighted by atomic mass is 127. The third-order valence-electron chi connectivity index (χ3n) is 1.97. The molecule has 1 heterocycles. The number of hydrogen-bond acceptors (Lipinski definition) is 3. The smallest absolute Gasteiger partial charge is 0.115 e. The molecule has 14 heavy (non-hydrogen) atoms. The van der Waals surface area contributed by atoms with Gasteiger partial charge in [0.05, 0.1) is 9.26 Å². The third kappa shape index (κ3) is 3.88. The molecule has 0 spiro atoms. The molecule has 78 valence electrons. The normalized spacial score (nSPS) is 13.2. The van der Waals surface area contributed by atoms with Gasteiger partial charge in [-0.05, 0) is 34.9 Å². The second-order valence-corrected chi connectivity index (χ2v) is 5.07. The van der Waals surface area contributed by atoms with Gasteiger partial charge in [-0.3, -0.25) is 0 Å². The van der Waals surface area contributed by atoms with E-state index < -0.39 is 0 Å². The second-order valence-electron chi connectivity index (χ2n) is 3.91. The number of hydrogen-bond donors (Lipinski definition) is 1. The molecule has 0 aliphatic carbocycles. The van der Waals surface area contributed by atoms with Gasteiger partial charge in [0.15, 0.2) is 0 Å². The molecule has 0 bridgehead atoms. The van der Waals surface area contributed by atoms with E-state index >= 15 is 0 Å². The standard InChI is InChI=1S/C10H16IN3/c1-7(2)3-8(12)4-10-9(11)5-13-6-14-10/h5-8H,3-4,12H2,1-2H3. The van der Waals surface area contributed by atoms with Crippen molar-refractivity contribution >= 4 is 22.6 Å². The van der Waals surface area contributed by atoms with Crippen LogP contribution in [-0.4, -0.2) is 16.0 Å². The van der Waals surface area contributed by atoms with Crippen molar-refractivity contribution in [3.63, 3.8) is 0 Å². The van der Waals surface area contributed by atoms with Gasteiger partial charge in [-0.2, -0.15) is 0 Å². The van der Waals surface area contributed by atoms with Crippen LogP contribution in [0, 0.1) is 9.49 Å². The Labute approximate surface area is 98.7 Å². The van der Waals surface area contributed by atoms with Crippen molar-refractivity contribution in [1.29, 1.82) is 0 Å². The van der Waals surface area contributed by atoms with E-state index in [1.807, 2.05) is 6.20 Å². The van der Waals surface area contributed by atoms with Gasteiger partial charge in [-0.15, -0.1) is 0 Å². The summed E-state index contributed by atoms with van der Waals surface area (Å²) in [4.78, 5) is 8.18. The van der Waals surface area contributed by atoms with Crippen LogP contribution in [0.25, 0.3) is 0 Å². The Morgan fingerprint density at radius 2 is 2.21 bits per heavy atom. The molecular formula is C10H16IN3. The highest BCUT2D eigenvalue weighted by Gasteiger charge is 2.09. The van der Waals surface area contributed by atoms with Gasteiger partial charge >= 0.3 is 0 Å². The first-order valence-electron chi connectivity index (χ1n) is 4.79. The summed E-state index contributed by atoms with van der Waals surface area (Å²) in [5.74, 6) is 0.643. The molecule has 0 fully saturated rings. The van der Waals surface area contributed by atoms with E-state index in [0.717, 1.165) is 22.1 Å². The van der Waals surface area contributed by atoms with E-state index in [4.69, 9.17) is 5.73 Å². The van der Waals surface area contributed by atoms with Crippen LogP contribution >= 0.6 is 22.6 Å². The molecule has 0 aliphatic rings. The molecular weight excluding hydrogens is 289 g/mol. The first-order valence-corrected chi connectivity index (χ1v) is 5.87. The molecule has 1 aromatic rings. The van der Waals surface area contributed by atoms with Crippen LogP contribution in [0.4, 0.5) is 0 Å². The molecule has 3 nitrogen and oxygen atoms in total. The zero-order chi connectivity index (χ0) is 10.6. The minimum atomic E-state index is 0.207. The lowest BCUT2D eigenvalue weighted by molar-refractivity contribution is 0.489. The van der Waals surface area contributed by atoms with Crippen molar-refractivity contribution in [1.82, 2.24) is 9.97 Å². The summed E-state index contributed by atoms with van der Waals surface area (Å²) in [5.41, 5.74) is 7.08. The zero-order valence-electron chi connectivity index (χ0n) is 8.57. The van der Waals surface area contributed by atoms with Crippen LogP contribution in [0.15, 0.2) is 12.5 Å². The van der Waals surface area contributed by atoms with Gasteiger partial charge in [-0.1, -0.05) is 13.8 Å². The summed E-state index contributed by atoms with van der Waals surface area (Å²) in [6, 6.07) is 0.207. The molecule has 1 atom stereocenters. The fourth-order valence-electron chi connectivity index (χ4n) is 1.43. The number of nitrogens with two attached hydrogens (primary N) is 1. The zero-order valence-corrected chi connectivity index (χ0v) is 10.7. The summed E-state index contributed by atoms with van der Waals surface area (Å²) in [5, 5.41) is 0. The van der Waals surface area contributed by atoms with E-state index in [1.54, 1.807) is 6.33 Å². The highest BCUT2D eigenvalue weighted by Crippen LogP contribution is 2.12. The van der Waals surface area contributed by atoms with Crippen molar-refractivity contribution in [2.45, 2.75) is 32.7 Å². The highest BCUT2D eigenvalue weighted by molar-refractivity contribution is 14.1. The van der Waals surface area contributed by atoms with Crippen LogP contribution < -0.4 is 5.73 Å². The lowest BCUT2D eigenvalue weighted by atomic mass is 10.0. The Bertz CT molecular complexity index is 288. The van der Waals surface area contributed by atoms with Crippen molar-refractivity contribution < 1.29 is 0 Å². The molecule has 2 N–H and O–H groups in total. The van der Waals surface area contributed by atoms with E-state index in [0.29, 0.717) is 5.92 Å². The minimum Gasteiger partial charge on any atom is -0.327 e. The Morgan fingerprint density at radius 1 is 1.50 bits per heavy atom. The summed E-state index contributed by atoms with van der Waals surface area (Å²) < 4.78 is 1.10. The molecule has 1 unspecified atom stereocenters. The number of halogens is 1. The van der Waals surface area contributed by atoms with Crippen LogP contribution in [0.3, 0.4) is 0 Å². The molecule has 0 aliphatic heterocycles. The number of aromatic nitrogens is 2. The first kappa shape index (κ1) is 11.8. The van der Waals surface area contributed by atoms with Crippen molar-refractivity contribution in [3.8, 4) is 0 Å². The molecule has 0 amide bonds. The van der Waals surface area contributed by atoms with Crippen molar-refractivity contribution in [2.75, 3.05) is 0 Å². The maximum absolute atomic E-state index is 6.01. The quantitative estimate of drug-likeness (QED) is 0.866. The molecule has 1 aromatic heterocycles. The van der Waals surface area contributed by atoms with E-state index in [1.165, 1.54) is 0 Å². The van der Waals surface area contributed by atoms with Gasteiger partial charge in [0, 0.05) is 18.7 Å². The predicted octanol–water partition coefficient (Wildman–Crippen LogP) is 2.00. The summed E-state index contributed by atoms with van der Waals surface area (Å²) in [6.07, 6.45) is 5.30. The topological polar surface area (TPSA) is 51.8 Å². The predicted molar refractivity (Wildman–Crippen MR) is 65.9 cm³/mol. The molecule has 4 heteroatoms. The van der Waals surface area contributed by atoms with Gasteiger partial charge in [0.25, 0.3) is 0 Å². The molecule has 0 saturated heterocycles. The average molecular weight is 305 g/mol. The lowest BCUT2D eigenvalue weighted by Crippen LogP contribution is -2.25. The van der Waals surface area contributed by atoms with Crippen LogP contribution in [0.5, 0.6) is 0 Å². The van der Waals surface area contributed by atoms with Gasteiger partial charge in [0.2, 0.25) is 0 Å². The third-order valence-corrected chi connectivity index (χ3v) is 2.87. The average Bonchev–Trinajstić information content (AvgIpc) is 2.07. The van der Waals surface area contributed by atoms with Crippen LogP contribution in [0.2, 0.25) is 0 Å². The van der Waals surface area contributed by atoms with Gasteiger partial charge in [-0.25, -0.2) is 9.97 Å². The van der Waals surface area contributed by atoms with Crippen molar-refractivity contribution in [2.24, 2.45) is 11.7 Å². The summed E-state index contributed by atoms with van der Waals surface area (Å²) in [6.45, 7) is 4.37. The fourth-order valence-corrected chi connectivity index (χ4v) is 1.95.